The first-order valence-electron chi connectivity index (χ1n) is 10.1. The van der Waals surface area contributed by atoms with E-state index in [9.17, 15) is 9.18 Å². The summed E-state index contributed by atoms with van der Waals surface area (Å²) in [6.07, 6.45) is 7.39. The van der Waals surface area contributed by atoms with E-state index in [2.05, 4.69) is 15.1 Å². The Morgan fingerprint density at radius 1 is 1.22 bits per heavy atom. The van der Waals surface area contributed by atoms with Crippen LogP contribution in [-0.4, -0.2) is 37.0 Å². The molecule has 5 rings (SSSR count). The van der Waals surface area contributed by atoms with Crippen LogP contribution in [0.25, 0.3) is 5.65 Å². The van der Waals surface area contributed by atoms with Crippen molar-refractivity contribution in [2.45, 2.75) is 26.4 Å². The van der Waals surface area contributed by atoms with Crippen LogP contribution >= 0.6 is 11.6 Å². The zero-order chi connectivity index (χ0) is 22.2. The molecule has 0 aliphatic carbocycles. The first-order chi connectivity index (χ1) is 15.5. The van der Waals surface area contributed by atoms with Crippen molar-refractivity contribution >= 4 is 23.2 Å². The molecule has 0 radical (unpaired) electrons. The Bertz CT molecular complexity index is 1340. The minimum atomic E-state index is -0.461. The van der Waals surface area contributed by atoms with Gasteiger partial charge in [-0.1, -0.05) is 17.7 Å². The number of pyridine rings is 1. The molecule has 0 bridgehead atoms. The number of hydrogen-bond acceptors (Lipinski definition) is 5. The number of carbonyl (C=O) groups excluding carboxylic acids is 1. The van der Waals surface area contributed by atoms with Gasteiger partial charge < -0.3 is 9.64 Å². The summed E-state index contributed by atoms with van der Waals surface area (Å²) in [5.41, 5.74) is 4.70. The minimum absolute atomic E-state index is 0.222. The largest absolute Gasteiger partial charge is 0.492 e. The summed E-state index contributed by atoms with van der Waals surface area (Å²) >= 11 is 5.98. The molecule has 0 saturated carbocycles. The van der Waals surface area contributed by atoms with E-state index >= 15 is 0 Å². The monoisotopic (exact) mass is 451 g/mol. The number of halogens is 2. The number of hydrogen-bond donors (Lipinski definition) is 0. The van der Waals surface area contributed by atoms with Crippen LogP contribution in [-0.2, 0) is 19.5 Å². The van der Waals surface area contributed by atoms with Gasteiger partial charge in [0.2, 0.25) is 0 Å². The first-order valence-corrected chi connectivity index (χ1v) is 10.5. The lowest BCUT2D eigenvalue weighted by Crippen LogP contribution is -2.26. The minimum Gasteiger partial charge on any atom is -0.492 e. The summed E-state index contributed by atoms with van der Waals surface area (Å²) < 4.78 is 21.4. The van der Waals surface area contributed by atoms with Gasteiger partial charge in [-0.2, -0.15) is 5.10 Å². The van der Waals surface area contributed by atoms with Gasteiger partial charge >= 0.3 is 0 Å². The number of benzene rings is 1. The van der Waals surface area contributed by atoms with Gasteiger partial charge in [-0.15, -0.1) is 0 Å². The number of aromatic nitrogens is 4. The molecule has 0 saturated heterocycles. The Hall–Kier alpha value is -3.52. The Balaban J connectivity index is 1.33. The molecule has 0 atom stereocenters. The molecule has 162 valence electrons. The maximum atomic E-state index is 13.9. The molecule has 4 heterocycles. The number of fused-ring (bicyclic) bond motifs is 3. The third kappa shape index (κ3) is 3.89. The van der Waals surface area contributed by atoms with Crippen molar-refractivity contribution in [1.29, 1.82) is 0 Å². The van der Waals surface area contributed by atoms with Crippen LogP contribution in [0.5, 0.6) is 5.75 Å². The van der Waals surface area contributed by atoms with Crippen molar-refractivity contribution in [3.63, 3.8) is 0 Å². The van der Waals surface area contributed by atoms with Crippen LogP contribution in [0.15, 0.2) is 49.1 Å². The highest BCUT2D eigenvalue weighted by atomic mass is 35.5. The average molecular weight is 452 g/mol. The zero-order valence-electron chi connectivity index (χ0n) is 17.3. The fraction of sp³-hybridized carbons (Fsp3) is 0.217. The molecule has 1 aliphatic heterocycles. The molecule has 1 aliphatic rings. The molecule has 3 aromatic heterocycles. The number of ether oxygens (including phenoxy) is 1. The predicted molar refractivity (Wildman–Crippen MR) is 116 cm³/mol. The number of aryl methyl sites for hydroxylation is 1. The van der Waals surface area contributed by atoms with Crippen molar-refractivity contribution in [3.8, 4) is 5.75 Å². The summed E-state index contributed by atoms with van der Waals surface area (Å²) in [5, 5.41) is 4.97. The normalized spacial score (nSPS) is 12.9. The van der Waals surface area contributed by atoms with E-state index < -0.39 is 5.82 Å². The van der Waals surface area contributed by atoms with Crippen molar-refractivity contribution in [1.82, 2.24) is 24.5 Å². The van der Waals surface area contributed by atoms with Crippen LogP contribution in [0.4, 0.5) is 4.39 Å². The van der Waals surface area contributed by atoms with Crippen molar-refractivity contribution in [3.05, 3.63) is 87.8 Å². The molecule has 9 heteroatoms. The average Bonchev–Trinajstić information content (AvgIpc) is 3.31. The fourth-order valence-electron chi connectivity index (χ4n) is 3.86. The molecule has 0 fully saturated rings. The van der Waals surface area contributed by atoms with Gasteiger partial charge in [0.25, 0.3) is 5.91 Å². The van der Waals surface area contributed by atoms with E-state index in [-0.39, 0.29) is 11.7 Å². The molecule has 0 spiro atoms. The standard InChI is InChI=1S/C23H19ClFN5O2/c1-14-6-15(9-26-8-14)4-5-32-21-7-17(25)2-3-18(21)23(31)29-12-19-20(13-29)28-30-11-16(24)10-27-22(19)30/h2-3,6-11H,4-5,12-13H2,1H3. The predicted octanol–water partition coefficient (Wildman–Crippen LogP) is 4.00. The smallest absolute Gasteiger partial charge is 0.258 e. The summed E-state index contributed by atoms with van der Waals surface area (Å²) in [7, 11) is 0. The van der Waals surface area contributed by atoms with Gasteiger partial charge in [-0.25, -0.2) is 13.9 Å². The van der Waals surface area contributed by atoms with Gasteiger partial charge in [0.15, 0.2) is 5.65 Å². The number of rotatable bonds is 5. The summed E-state index contributed by atoms with van der Waals surface area (Å²) in [6, 6.07) is 5.99. The second kappa shape index (κ2) is 8.20. The Kier molecular flexibility index (Phi) is 5.22. The second-order valence-electron chi connectivity index (χ2n) is 7.74. The molecule has 7 nitrogen and oxygen atoms in total. The summed E-state index contributed by atoms with van der Waals surface area (Å²) in [5.74, 6) is -0.487. The van der Waals surface area contributed by atoms with E-state index in [0.29, 0.717) is 42.4 Å². The van der Waals surface area contributed by atoms with E-state index in [0.717, 1.165) is 22.4 Å². The van der Waals surface area contributed by atoms with Crippen LogP contribution in [0.1, 0.15) is 32.7 Å². The summed E-state index contributed by atoms with van der Waals surface area (Å²) in [4.78, 5) is 23.4. The molecule has 1 aromatic carbocycles. The fourth-order valence-corrected chi connectivity index (χ4v) is 4.00. The van der Waals surface area contributed by atoms with Crippen molar-refractivity contribution in [2.24, 2.45) is 0 Å². The highest BCUT2D eigenvalue weighted by Gasteiger charge is 2.30. The molecular formula is C23H19ClFN5O2. The van der Waals surface area contributed by atoms with E-state index in [1.54, 1.807) is 34.2 Å². The Morgan fingerprint density at radius 3 is 2.94 bits per heavy atom. The van der Waals surface area contributed by atoms with E-state index in [4.69, 9.17) is 16.3 Å². The zero-order valence-corrected chi connectivity index (χ0v) is 18.0. The highest BCUT2D eigenvalue weighted by molar-refractivity contribution is 6.30. The molecule has 0 unspecified atom stereocenters. The number of nitrogens with zero attached hydrogens (tertiary/aromatic N) is 5. The molecular weight excluding hydrogens is 433 g/mol. The third-order valence-electron chi connectivity index (χ3n) is 5.35. The van der Waals surface area contributed by atoms with Crippen LogP contribution < -0.4 is 4.74 Å². The molecule has 1 amide bonds. The van der Waals surface area contributed by atoms with Crippen LogP contribution in [0.2, 0.25) is 5.02 Å². The van der Waals surface area contributed by atoms with Crippen LogP contribution in [0, 0.1) is 12.7 Å². The third-order valence-corrected chi connectivity index (χ3v) is 5.55. The van der Waals surface area contributed by atoms with Gasteiger partial charge in [0.1, 0.15) is 11.6 Å². The SMILES string of the molecule is Cc1cncc(CCOc2cc(F)ccc2C(=O)N2Cc3nn4cc(Cl)cnc4c3C2)c1. The lowest BCUT2D eigenvalue weighted by Gasteiger charge is -2.18. The van der Waals surface area contributed by atoms with E-state index in [1.807, 2.05) is 13.0 Å². The first kappa shape index (κ1) is 20.4. The van der Waals surface area contributed by atoms with Crippen LogP contribution in [0.3, 0.4) is 0 Å². The molecule has 4 aromatic rings. The van der Waals surface area contributed by atoms with Gasteiger partial charge in [0.05, 0.1) is 42.2 Å². The quantitative estimate of drug-likeness (QED) is 0.458. The van der Waals surface area contributed by atoms with E-state index in [1.165, 1.54) is 18.2 Å². The van der Waals surface area contributed by atoms with Crippen molar-refractivity contribution in [2.75, 3.05) is 6.61 Å². The number of carbonyl (C=O) groups is 1. The lowest BCUT2D eigenvalue weighted by molar-refractivity contribution is 0.0745. The highest BCUT2D eigenvalue weighted by Crippen LogP contribution is 2.30. The van der Waals surface area contributed by atoms with Gasteiger partial charge in [0, 0.05) is 36.6 Å². The maximum Gasteiger partial charge on any atom is 0.258 e. The molecule has 0 N–H and O–H groups in total. The summed E-state index contributed by atoms with van der Waals surface area (Å²) in [6.45, 7) is 2.96. The van der Waals surface area contributed by atoms with Crippen molar-refractivity contribution < 1.29 is 13.9 Å². The van der Waals surface area contributed by atoms with Gasteiger partial charge in [-0.05, 0) is 30.2 Å². The second-order valence-corrected chi connectivity index (χ2v) is 8.17. The Morgan fingerprint density at radius 2 is 2.09 bits per heavy atom. The lowest BCUT2D eigenvalue weighted by atomic mass is 10.1. The molecule has 32 heavy (non-hydrogen) atoms. The maximum absolute atomic E-state index is 13.9. The topological polar surface area (TPSA) is 72.6 Å². The number of amides is 1. The van der Waals surface area contributed by atoms with Gasteiger partial charge in [-0.3, -0.25) is 9.78 Å². The Labute approximate surface area is 188 Å².